The first kappa shape index (κ1) is 22.2. The fourth-order valence-electron chi connectivity index (χ4n) is 6.67. The molecule has 2 aliphatic heterocycles. The molecule has 2 bridgehead atoms. The van der Waals surface area contributed by atoms with Gasteiger partial charge in [0.1, 0.15) is 17.3 Å². The minimum absolute atomic E-state index is 0.0161. The van der Waals surface area contributed by atoms with E-state index in [1.54, 1.807) is 21.3 Å². The van der Waals surface area contributed by atoms with Crippen molar-refractivity contribution < 1.29 is 33.6 Å². The summed E-state index contributed by atoms with van der Waals surface area (Å²) >= 11 is 0. The van der Waals surface area contributed by atoms with Crippen LogP contribution in [0.25, 0.3) is 0 Å². The van der Waals surface area contributed by atoms with E-state index < -0.39 is 23.2 Å². The molecule has 1 aromatic rings. The molecule has 2 heterocycles. The fraction of sp³-hybridized carbons (Fsp3) is 0.708. The molecule has 1 saturated carbocycles. The smallest absolute Gasteiger partial charge is 0.320 e. The maximum absolute atomic E-state index is 13.7. The Hall–Kier alpha value is -1.99. The molecule has 5 rings (SSSR count). The molecule has 0 radical (unpaired) electrons. The van der Waals surface area contributed by atoms with E-state index in [2.05, 4.69) is 13.8 Å². The molecule has 0 unspecified atom stereocenters. The number of rotatable bonds is 5. The number of ether oxygens (including phenoxy) is 5. The van der Waals surface area contributed by atoms with Crippen LogP contribution in [0.4, 0.5) is 0 Å². The summed E-state index contributed by atoms with van der Waals surface area (Å²) in [7, 11) is 6.21. The number of methoxy groups -OCH3 is 4. The van der Waals surface area contributed by atoms with Crippen LogP contribution in [0.15, 0.2) is 0 Å². The van der Waals surface area contributed by atoms with Gasteiger partial charge in [0.15, 0.2) is 11.5 Å². The Morgan fingerprint density at radius 1 is 0.968 bits per heavy atom. The maximum atomic E-state index is 13.7. The van der Waals surface area contributed by atoms with Crippen molar-refractivity contribution in [2.75, 3.05) is 28.4 Å². The van der Waals surface area contributed by atoms with Crippen LogP contribution in [0.1, 0.15) is 69.6 Å². The first-order chi connectivity index (χ1) is 14.6. The van der Waals surface area contributed by atoms with Crippen molar-refractivity contribution in [1.82, 2.24) is 0 Å². The van der Waals surface area contributed by atoms with Crippen molar-refractivity contribution in [3.05, 3.63) is 16.7 Å². The summed E-state index contributed by atoms with van der Waals surface area (Å²) in [6, 6.07) is 0. The van der Waals surface area contributed by atoms with Crippen LogP contribution < -0.4 is 14.2 Å². The van der Waals surface area contributed by atoms with E-state index >= 15 is 0 Å². The van der Waals surface area contributed by atoms with Crippen LogP contribution in [0.3, 0.4) is 0 Å². The lowest BCUT2D eigenvalue weighted by Crippen LogP contribution is -2.72. The number of hydrogen-bond acceptors (Lipinski definition) is 7. The van der Waals surface area contributed by atoms with Gasteiger partial charge in [-0.2, -0.15) is 0 Å². The molecular weight excluding hydrogens is 400 g/mol. The molecule has 1 N–H and O–H groups in total. The second-order valence-corrected chi connectivity index (χ2v) is 9.92. The van der Waals surface area contributed by atoms with Crippen LogP contribution in [-0.4, -0.2) is 45.6 Å². The van der Waals surface area contributed by atoms with Gasteiger partial charge in [-0.1, -0.05) is 34.1 Å². The number of carbonyl (C=O) groups is 1. The Labute approximate surface area is 184 Å². The van der Waals surface area contributed by atoms with Gasteiger partial charge in [-0.25, -0.2) is 0 Å². The van der Waals surface area contributed by atoms with Crippen molar-refractivity contribution in [2.45, 2.75) is 70.2 Å². The second kappa shape index (κ2) is 7.01. The summed E-state index contributed by atoms with van der Waals surface area (Å²) in [5, 5.41) is 11.7. The van der Waals surface area contributed by atoms with Crippen LogP contribution in [0.5, 0.6) is 17.2 Å². The van der Waals surface area contributed by atoms with E-state index in [0.717, 1.165) is 18.4 Å². The number of carbonyl (C=O) groups excluding carboxylic acids is 1. The molecule has 31 heavy (non-hydrogen) atoms. The zero-order valence-corrected chi connectivity index (χ0v) is 19.8. The molecule has 0 aromatic heterocycles. The maximum Gasteiger partial charge on any atom is 0.320 e. The third kappa shape index (κ3) is 2.45. The van der Waals surface area contributed by atoms with Crippen LogP contribution >= 0.6 is 0 Å². The van der Waals surface area contributed by atoms with E-state index in [9.17, 15) is 9.90 Å². The quantitative estimate of drug-likeness (QED) is 0.709. The van der Waals surface area contributed by atoms with Crippen molar-refractivity contribution in [2.24, 2.45) is 11.3 Å². The highest BCUT2D eigenvalue weighted by atomic mass is 16.7. The Kier molecular flexibility index (Phi) is 5.02. The highest BCUT2D eigenvalue weighted by Crippen LogP contribution is 2.70. The predicted molar refractivity (Wildman–Crippen MR) is 114 cm³/mol. The van der Waals surface area contributed by atoms with Crippen LogP contribution in [0, 0.1) is 11.3 Å². The molecule has 7 nitrogen and oxygen atoms in total. The van der Waals surface area contributed by atoms with Gasteiger partial charge in [0.2, 0.25) is 0 Å². The van der Waals surface area contributed by atoms with Crippen LogP contribution in [-0.2, 0) is 25.5 Å². The number of fused-ring (bicyclic) bond motifs is 1. The van der Waals surface area contributed by atoms with Crippen molar-refractivity contribution in [3.8, 4) is 17.2 Å². The van der Waals surface area contributed by atoms with E-state index in [0.29, 0.717) is 34.8 Å². The Balaban J connectivity index is 2.25. The average Bonchev–Trinajstić information content (AvgIpc) is 2.72. The van der Waals surface area contributed by atoms with Gasteiger partial charge in [-0.3, -0.25) is 4.79 Å². The standard InChI is InChI=1S/C24H34O7/c1-12(2)13-16(27-5)15-14(18(29-7)17(13)28-6)23-11-9-10-22(3,4)19(23)20(25)24(15,30-8)31-21(23)26/h12,19-20,25H,9-11H2,1-8H3/t19-,20+,23-,24+/m0/s1. The Bertz CT molecular complexity index is 921. The van der Waals surface area contributed by atoms with Gasteiger partial charge in [0.25, 0.3) is 5.79 Å². The number of aliphatic hydroxyl groups is 1. The molecule has 2 fully saturated rings. The molecule has 4 aliphatic rings. The van der Waals surface area contributed by atoms with Gasteiger partial charge in [-0.05, 0) is 24.2 Å². The minimum atomic E-state index is -1.68. The first-order valence-corrected chi connectivity index (χ1v) is 10.9. The Morgan fingerprint density at radius 3 is 2.10 bits per heavy atom. The predicted octanol–water partition coefficient (Wildman–Crippen LogP) is 3.63. The molecule has 2 aliphatic carbocycles. The zero-order chi connectivity index (χ0) is 22.9. The molecule has 1 aromatic carbocycles. The third-order valence-electron chi connectivity index (χ3n) is 7.77. The molecule has 7 heteroatoms. The molecule has 4 atom stereocenters. The summed E-state index contributed by atoms with van der Waals surface area (Å²) in [4.78, 5) is 13.7. The van der Waals surface area contributed by atoms with Crippen LogP contribution in [0.2, 0.25) is 0 Å². The molecule has 172 valence electrons. The highest BCUT2D eigenvalue weighted by Gasteiger charge is 2.75. The minimum Gasteiger partial charge on any atom is -0.496 e. The van der Waals surface area contributed by atoms with Gasteiger partial charge in [-0.15, -0.1) is 0 Å². The van der Waals surface area contributed by atoms with Crippen molar-refractivity contribution in [1.29, 1.82) is 0 Å². The first-order valence-electron chi connectivity index (χ1n) is 10.9. The van der Waals surface area contributed by atoms with E-state index in [1.165, 1.54) is 7.11 Å². The third-order valence-corrected chi connectivity index (χ3v) is 7.77. The summed E-state index contributed by atoms with van der Waals surface area (Å²) in [6.07, 6.45) is 1.21. The average molecular weight is 435 g/mol. The van der Waals surface area contributed by atoms with Gasteiger partial charge in [0.05, 0.1) is 26.9 Å². The van der Waals surface area contributed by atoms with E-state index in [4.69, 9.17) is 23.7 Å². The number of benzene rings is 1. The largest absolute Gasteiger partial charge is 0.496 e. The zero-order valence-electron chi connectivity index (χ0n) is 19.8. The SMILES string of the molecule is COc1c(OC)c2c(c(OC)c1C(C)C)[C@@]1(OC)OC(=O)[C@@]23CCCC(C)(C)[C@@H]3[C@H]1O. The van der Waals surface area contributed by atoms with Crippen molar-refractivity contribution >= 4 is 5.97 Å². The lowest BCUT2D eigenvalue weighted by atomic mass is 9.46. The number of hydrogen-bond donors (Lipinski definition) is 1. The lowest BCUT2D eigenvalue weighted by molar-refractivity contribution is -0.330. The highest BCUT2D eigenvalue weighted by molar-refractivity contribution is 5.92. The van der Waals surface area contributed by atoms with Crippen molar-refractivity contribution in [3.63, 3.8) is 0 Å². The normalized spacial score (nSPS) is 32.9. The fourth-order valence-corrected chi connectivity index (χ4v) is 6.67. The topological polar surface area (TPSA) is 83.5 Å². The van der Waals surface area contributed by atoms with Gasteiger partial charge < -0.3 is 28.8 Å². The molecular formula is C24H34O7. The number of aliphatic hydroxyl groups excluding tert-OH is 1. The lowest BCUT2D eigenvalue weighted by Gasteiger charge is -2.63. The van der Waals surface area contributed by atoms with E-state index in [-0.39, 0.29) is 17.3 Å². The molecule has 1 saturated heterocycles. The van der Waals surface area contributed by atoms with E-state index in [1.807, 2.05) is 13.8 Å². The Morgan fingerprint density at radius 2 is 1.58 bits per heavy atom. The van der Waals surface area contributed by atoms with Gasteiger partial charge in [0, 0.05) is 24.2 Å². The summed E-state index contributed by atoms with van der Waals surface area (Å²) in [5.41, 5.74) is 0.615. The summed E-state index contributed by atoms with van der Waals surface area (Å²) in [5.74, 6) is -0.901. The molecule has 0 amide bonds. The molecule has 1 spiro atoms. The summed E-state index contributed by atoms with van der Waals surface area (Å²) < 4.78 is 29.6. The van der Waals surface area contributed by atoms with Gasteiger partial charge >= 0.3 is 5.97 Å². The second-order valence-electron chi connectivity index (χ2n) is 9.92. The summed E-state index contributed by atoms with van der Waals surface area (Å²) in [6.45, 7) is 8.25. The number of esters is 1. The monoisotopic (exact) mass is 434 g/mol.